The molecule has 1 aromatic rings. The molecule has 0 aromatic carbocycles. The molecule has 2 rings (SSSR count). The van der Waals surface area contributed by atoms with Crippen molar-refractivity contribution in [1.29, 1.82) is 0 Å². The van der Waals surface area contributed by atoms with Crippen LogP contribution < -0.4 is 4.74 Å². The molecule has 0 bridgehead atoms. The van der Waals surface area contributed by atoms with Gasteiger partial charge in [0.05, 0.1) is 12.7 Å². The number of aliphatic hydroxyl groups is 1. The number of rotatable bonds is 4. The Kier molecular flexibility index (Phi) is 3.86. The lowest BCUT2D eigenvalue weighted by atomic mass is 9.64. The van der Waals surface area contributed by atoms with Gasteiger partial charge < -0.3 is 9.84 Å². The van der Waals surface area contributed by atoms with Gasteiger partial charge in [-0.15, -0.1) is 0 Å². The number of ether oxygens (including phenoxy) is 1. The third kappa shape index (κ3) is 2.76. The van der Waals surface area contributed by atoms with E-state index in [9.17, 15) is 5.11 Å². The van der Waals surface area contributed by atoms with Gasteiger partial charge in [0, 0.05) is 29.4 Å². The van der Waals surface area contributed by atoms with Crippen molar-refractivity contribution < 1.29 is 9.84 Å². The zero-order valence-corrected chi connectivity index (χ0v) is 12.7. The first-order valence-corrected chi connectivity index (χ1v) is 7.08. The van der Waals surface area contributed by atoms with Crippen molar-refractivity contribution in [2.75, 3.05) is 7.11 Å². The fraction of sp³-hybridized carbons (Fsp3) is 0.688. The van der Waals surface area contributed by atoms with E-state index in [0.29, 0.717) is 18.3 Å². The van der Waals surface area contributed by atoms with E-state index in [1.165, 1.54) is 0 Å². The van der Waals surface area contributed by atoms with Crippen molar-refractivity contribution in [3.8, 4) is 5.75 Å². The molecule has 0 atom stereocenters. The minimum Gasteiger partial charge on any atom is -0.496 e. The van der Waals surface area contributed by atoms with Crippen molar-refractivity contribution in [2.45, 2.75) is 52.6 Å². The second-order valence-electron chi connectivity index (χ2n) is 6.36. The summed E-state index contributed by atoms with van der Waals surface area (Å²) < 4.78 is 5.42. The third-order valence-electron chi connectivity index (χ3n) is 4.47. The van der Waals surface area contributed by atoms with E-state index < -0.39 is 5.60 Å². The van der Waals surface area contributed by atoms with Gasteiger partial charge in [-0.05, 0) is 38.5 Å². The summed E-state index contributed by atoms with van der Waals surface area (Å²) >= 11 is 0. The molecule has 1 fully saturated rings. The van der Waals surface area contributed by atoms with Gasteiger partial charge in [0.25, 0.3) is 0 Å². The van der Waals surface area contributed by atoms with Gasteiger partial charge in [-0.25, -0.2) is 0 Å². The lowest BCUT2D eigenvalue weighted by molar-refractivity contribution is -0.0867. The van der Waals surface area contributed by atoms with Crippen LogP contribution >= 0.6 is 0 Å². The predicted octanol–water partition coefficient (Wildman–Crippen LogP) is 3.05. The summed E-state index contributed by atoms with van der Waals surface area (Å²) in [6.45, 7) is 8.47. The number of methoxy groups -OCH3 is 1. The van der Waals surface area contributed by atoms with Crippen molar-refractivity contribution in [2.24, 2.45) is 11.8 Å². The highest BCUT2D eigenvalue weighted by Gasteiger charge is 2.44. The topological polar surface area (TPSA) is 42.4 Å². The van der Waals surface area contributed by atoms with Crippen LogP contribution in [0, 0.1) is 25.7 Å². The number of nitrogens with zero attached hydrogens (tertiary/aromatic N) is 1. The number of hydrogen-bond acceptors (Lipinski definition) is 3. The Morgan fingerprint density at radius 1 is 1.42 bits per heavy atom. The maximum absolute atomic E-state index is 10.6. The fourth-order valence-corrected chi connectivity index (χ4v) is 3.09. The molecule has 1 heterocycles. The van der Waals surface area contributed by atoms with Crippen LogP contribution in [0.25, 0.3) is 0 Å². The maximum Gasteiger partial charge on any atom is 0.128 e. The van der Waals surface area contributed by atoms with Gasteiger partial charge in [-0.3, -0.25) is 4.98 Å². The van der Waals surface area contributed by atoms with Crippen LogP contribution in [0.2, 0.25) is 0 Å². The Morgan fingerprint density at radius 2 is 2.05 bits per heavy atom. The Balaban J connectivity index is 2.13. The van der Waals surface area contributed by atoms with E-state index in [2.05, 4.69) is 18.8 Å². The molecule has 0 radical (unpaired) electrons. The highest BCUT2D eigenvalue weighted by atomic mass is 16.5. The standard InChI is InChI=1S/C16H25NO2/c1-10(2)13-6-16(18,7-13)8-14-12(4)15(19-5)11(3)9-17-14/h9-10,13,18H,6-8H2,1-5H3. The first kappa shape index (κ1) is 14.3. The van der Waals surface area contributed by atoms with Gasteiger partial charge in [0.15, 0.2) is 0 Å². The number of aryl methyl sites for hydroxylation is 1. The molecule has 19 heavy (non-hydrogen) atoms. The van der Waals surface area contributed by atoms with Crippen molar-refractivity contribution >= 4 is 0 Å². The molecular weight excluding hydrogens is 238 g/mol. The van der Waals surface area contributed by atoms with Crippen molar-refractivity contribution in [3.63, 3.8) is 0 Å². The van der Waals surface area contributed by atoms with Crippen LogP contribution in [0.5, 0.6) is 5.75 Å². The maximum atomic E-state index is 10.6. The normalized spacial score (nSPS) is 26.4. The van der Waals surface area contributed by atoms with Crippen molar-refractivity contribution in [3.05, 3.63) is 23.0 Å². The Bertz CT molecular complexity index is 462. The van der Waals surface area contributed by atoms with Crippen molar-refractivity contribution in [1.82, 2.24) is 4.98 Å². The van der Waals surface area contributed by atoms with Gasteiger partial charge in [-0.1, -0.05) is 13.8 Å². The zero-order valence-electron chi connectivity index (χ0n) is 12.7. The molecule has 1 N–H and O–H groups in total. The SMILES string of the molecule is COc1c(C)cnc(CC2(O)CC(C(C)C)C2)c1C. The predicted molar refractivity (Wildman–Crippen MR) is 76.5 cm³/mol. The Morgan fingerprint density at radius 3 is 2.58 bits per heavy atom. The molecule has 1 aliphatic rings. The van der Waals surface area contributed by atoms with Gasteiger partial charge in [-0.2, -0.15) is 0 Å². The summed E-state index contributed by atoms with van der Waals surface area (Å²) in [6, 6.07) is 0. The second kappa shape index (κ2) is 5.12. The Labute approximate surface area is 116 Å². The zero-order chi connectivity index (χ0) is 14.2. The van der Waals surface area contributed by atoms with Crippen LogP contribution in [-0.2, 0) is 6.42 Å². The molecule has 0 saturated heterocycles. The van der Waals surface area contributed by atoms with E-state index in [1.807, 2.05) is 20.0 Å². The van der Waals surface area contributed by atoms with Gasteiger partial charge in [0.2, 0.25) is 0 Å². The summed E-state index contributed by atoms with van der Waals surface area (Å²) in [5.41, 5.74) is 2.51. The smallest absolute Gasteiger partial charge is 0.128 e. The van der Waals surface area contributed by atoms with E-state index in [0.717, 1.165) is 35.4 Å². The van der Waals surface area contributed by atoms with Crippen LogP contribution in [0.15, 0.2) is 6.20 Å². The number of aromatic nitrogens is 1. The quantitative estimate of drug-likeness (QED) is 0.908. The summed E-state index contributed by atoms with van der Waals surface area (Å²) in [4.78, 5) is 4.48. The Hall–Kier alpha value is -1.09. The largest absolute Gasteiger partial charge is 0.496 e. The van der Waals surface area contributed by atoms with Crippen LogP contribution in [-0.4, -0.2) is 22.8 Å². The van der Waals surface area contributed by atoms with E-state index in [-0.39, 0.29) is 0 Å². The van der Waals surface area contributed by atoms with Crippen LogP contribution in [0.1, 0.15) is 43.5 Å². The minimum absolute atomic E-state index is 0.563. The lowest BCUT2D eigenvalue weighted by Gasteiger charge is -2.46. The molecule has 0 amide bonds. The molecule has 0 unspecified atom stereocenters. The summed E-state index contributed by atoms with van der Waals surface area (Å²) in [5.74, 6) is 2.20. The molecule has 1 aliphatic carbocycles. The first-order chi connectivity index (χ1) is 8.86. The van der Waals surface area contributed by atoms with Gasteiger partial charge in [0.1, 0.15) is 5.75 Å². The number of pyridine rings is 1. The van der Waals surface area contributed by atoms with Gasteiger partial charge >= 0.3 is 0 Å². The third-order valence-corrected chi connectivity index (χ3v) is 4.47. The molecule has 106 valence electrons. The highest BCUT2D eigenvalue weighted by Crippen LogP contribution is 2.44. The van der Waals surface area contributed by atoms with Crippen LogP contribution in [0.3, 0.4) is 0 Å². The average molecular weight is 263 g/mol. The summed E-state index contributed by atoms with van der Waals surface area (Å²) in [6.07, 6.45) is 4.26. The van der Waals surface area contributed by atoms with E-state index >= 15 is 0 Å². The molecule has 0 spiro atoms. The van der Waals surface area contributed by atoms with Crippen LogP contribution in [0.4, 0.5) is 0 Å². The first-order valence-electron chi connectivity index (χ1n) is 7.08. The fourth-order valence-electron chi connectivity index (χ4n) is 3.09. The molecule has 1 saturated carbocycles. The molecule has 0 aliphatic heterocycles. The summed E-state index contributed by atoms with van der Waals surface area (Å²) in [5, 5.41) is 10.6. The molecule has 3 nitrogen and oxygen atoms in total. The second-order valence-corrected chi connectivity index (χ2v) is 6.36. The minimum atomic E-state index is -0.563. The lowest BCUT2D eigenvalue weighted by Crippen LogP contribution is -2.47. The number of hydrogen-bond donors (Lipinski definition) is 1. The van der Waals surface area contributed by atoms with E-state index in [1.54, 1.807) is 7.11 Å². The molecule has 1 aromatic heterocycles. The van der Waals surface area contributed by atoms with E-state index in [4.69, 9.17) is 4.74 Å². The average Bonchev–Trinajstić information content (AvgIpc) is 2.30. The highest BCUT2D eigenvalue weighted by molar-refractivity contribution is 5.41. The monoisotopic (exact) mass is 263 g/mol. The molecule has 3 heteroatoms. The molecular formula is C16H25NO2. The summed E-state index contributed by atoms with van der Waals surface area (Å²) in [7, 11) is 1.69.